The van der Waals surface area contributed by atoms with E-state index in [0.29, 0.717) is 86.9 Å². The Morgan fingerprint density at radius 1 is 0.347 bits per heavy atom. The van der Waals surface area contributed by atoms with Gasteiger partial charge in [-0.05, 0) is 148 Å². The number of aromatic nitrogens is 20. The summed E-state index contributed by atoms with van der Waals surface area (Å²) in [6, 6.07) is 13.6. The highest BCUT2D eigenvalue weighted by Gasteiger charge is 2.51. The SMILES string of the molecule is [2H]C([2H])(CC)Sc1nc(N[C@@H]2C[C@@]2([2H])c2ccc(C)c(F)c2)c2nnn([C@@H]3C[C@H](OCCO)[C@@H](O)[C@H]3O)c2n1.[2H]C([2H])(CO)O[C@H]1C[C@@H](n2nnc3c(N[C@@H]4C[C@@]4([2H])c4ccc(C)c(F)c4)nc(SC([2H])([2H])CC)nc32)[C@H](O)[C@@H]1O.[2H]C([2H])(O)C([2H])([2H])O[C@H]1C[C@@H](n2nnc3c(N[C@@H]4C[C@@]4([2H])c4ccc(C)c(F)c4)nc(SCCC)nc32)[C@H](O)[C@@H]1O.[2H]C([2H])(O)CO[C@H]1C[C@@H](n2nnc3c(N[C@@H]4C[C@@]4([2H])c4ccc(C)c(F)c4)nc(SC([2H])([2H])CC)nc32)[C@H](O)[C@@H]1O. The van der Waals surface area contributed by atoms with Crippen LogP contribution in [0.5, 0.6) is 0 Å². The Kier molecular flexibility index (Phi) is 27.7. The first-order valence-electron chi connectivity index (χ1n) is 56.0. The molecule has 4 aromatic carbocycles. The van der Waals surface area contributed by atoms with Crippen LogP contribution in [-0.2, 0) is 18.9 Å². The van der Waals surface area contributed by atoms with Crippen molar-refractivity contribution in [2.45, 2.75) is 298 Å². The highest BCUT2D eigenvalue weighted by Crippen LogP contribution is 2.50. The molecule has 8 aliphatic rings. The van der Waals surface area contributed by atoms with Crippen molar-refractivity contribution >= 4 is 115 Å². The van der Waals surface area contributed by atoms with E-state index in [2.05, 4.69) is 102 Å². The molecule has 0 aliphatic heterocycles. The number of halogens is 4. The second-order valence-corrected chi connectivity index (χ2v) is 39.2. The summed E-state index contributed by atoms with van der Waals surface area (Å²) >= 11 is 3.78. The predicted molar refractivity (Wildman–Crippen MR) is 530 cm³/mol. The van der Waals surface area contributed by atoms with Gasteiger partial charge in [0.05, 0.1) is 112 Å². The van der Waals surface area contributed by atoms with E-state index in [9.17, 15) is 73.7 Å². The maximum absolute atomic E-state index is 14.2. The van der Waals surface area contributed by atoms with E-state index in [1.165, 1.54) is 54.8 Å². The van der Waals surface area contributed by atoms with Crippen LogP contribution in [0.1, 0.15) is 222 Å². The highest BCUT2D eigenvalue weighted by molar-refractivity contribution is 7.99. The van der Waals surface area contributed by atoms with Crippen molar-refractivity contribution in [2.75, 3.05) is 96.8 Å². The predicted octanol–water partition coefficient (Wildman–Crippen LogP) is 8.73. The molecule has 12 aromatic rings. The summed E-state index contributed by atoms with van der Waals surface area (Å²) in [5, 5.41) is 169. The summed E-state index contributed by atoms with van der Waals surface area (Å²) in [4.78, 5) is 36.0. The molecule has 8 aromatic heterocycles. The number of fused-ring (bicyclic) bond motifs is 4. The molecule has 144 heavy (non-hydrogen) atoms. The zero-order valence-corrected chi connectivity index (χ0v) is 82.4. The maximum atomic E-state index is 14.2. The van der Waals surface area contributed by atoms with Gasteiger partial charge in [-0.1, -0.05) is 144 Å². The summed E-state index contributed by atoms with van der Waals surface area (Å²) in [6.07, 6.45) is -12.8. The Bertz CT molecular complexity index is 7410. The molecule has 8 fully saturated rings. The van der Waals surface area contributed by atoms with Crippen LogP contribution in [0.15, 0.2) is 93.4 Å². The number of benzene rings is 4. The molecular weight excluding hydrogens is 1950 g/mol. The Balaban J connectivity index is 0.000000145. The topological polar surface area (TPSA) is 554 Å². The molecule has 0 saturated heterocycles. The van der Waals surface area contributed by atoms with Crippen LogP contribution in [0.25, 0.3) is 44.7 Å². The van der Waals surface area contributed by atoms with Crippen molar-refractivity contribution < 1.29 is 122 Å². The van der Waals surface area contributed by atoms with Crippen molar-refractivity contribution in [3.05, 3.63) is 141 Å². The number of hydrogen-bond acceptors (Lipinski definition) is 40. The van der Waals surface area contributed by atoms with Crippen LogP contribution < -0.4 is 21.3 Å². The lowest BCUT2D eigenvalue weighted by Crippen LogP contribution is -2.33. The van der Waals surface area contributed by atoms with Crippen molar-refractivity contribution in [3.63, 3.8) is 0 Å². The number of anilines is 4. The van der Waals surface area contributed by atoms with Crippen molar-refractivity contribution in [1.29, 1.82) is 0 Å². The molecule has 0 bridgehead atoms. The molecule has 40 nitrogen and oxygen atoms in total. The van der Waals surface area contributed by atoms with Crippen molar-refractivity contribution in [2.24, 2.45) is 0 Å². The third-order valence-corrected chi connectivity index (χ3v) is 29.2. The largest absolute Gasteiger partial charge is 0.394 e. The van der Waals surface area contributed by atoms with Crippen LogP contribution in [0.3, 0.4) is 0 Å². The maximum Gasteiger partial charge on any atom is 0.191 e. The van der Waals surface area contributed by atoms with E-state index in [0.717, 1.165) is 41.7 Å². The minimum absolute atomic E-state index is 0.000650. The lowest BCUT2D eigenvalue weighted by atomic mass is 10.1. The molecule has 48 heteroatoms. The molecule has 8 aliphatic carbocycles. The quantitative estimate of drug-likeness (QED) is 0.00969. The van der Waals surface area contributed by atoms with Gasteiger partial charge in [0.15, 0.2) is 88.6 Å². The Morgan fingerprint density at radius 3 is 0.882 bits per heavy atom. The molecule has 776 valence electrons. The van der Waals surface area contributed by atoms with Gasteiger partial charge in [-0.25, -0.2) is 76.2 Å². The van der Waals surface area contributed by atoms with Crippen LogP contribution in [0.2, 0.25) is 0 Å². The molecule has 8 heterocycles. The summed E-state index contributed by atoms with van der Waals surface area (Å²) in [6.45, 7) is 0.219. The van der Waals surface area contributed by atoms with Gasteiger partial charge in [-0.2, -0.15) is 0 Å². The molecule has 20 rings (SSSR count). The van der Waals surface area contributed by atoms with Crippen LogP contribution >= 0.6 is 47.0 Å². The normalized spacial score (nSPS) is 32.2. The molecule has 0 unspecified atom stereocenters. The third kappa shape index (κ3) is 23.8. The Labute approximate surface area is 869 Å². The monoisotopic (exact) mass is 2090 g/mol. The zero-order chi connectivity index (χ0) is 118. The molecule has 8 saturated carbocycles. The molecule has 24 atom stereocenters. The van der Waals surface area contributed by atoms with Crippen molar-refractivity contribution in [3.8, 4) is 0 Å². The van der Waals surface area contributed by atoms with E-state index in [1.54, 1.807) is 97.0 Å². The summed E-state index contributed by atoms with van der Waals surface area (Å²) in [7, 11) is 0. The van der Waals surface area contributed by atoms with Gasteiger partial charge in [0.1, 0.15) is 72.1 Å². The number of aliphatic hydroxyl groups is 12. The number of aliphatic hydroxyl groups excluding tert-OH is 10. The van der Waals surface area contributed by atoms with E-state index < -0.39 is 213 Å². The first kappa shape index (κ1) is 84.4. The van der Waals surface area contributed by atoms with Gasteiger partial charge in [0.2, 0.25) is 0 Å². The fourth-order valence-electron chi connectivity index (χ4n) is 17.6. The number of rotatable bonds is 40. The van der Waals surface area contributed by atoms with Gasteiger partial charge < -0.3 is 101 Å². The fourth-order valence-corrected chi connectivity index (χ4v) is 20.0. The molecule has 0 radical (unpaired) electrons. The molecular formula is C96H124F4N24O16S4. The number of thioether (sulfide) groups is 4. The van der Waals surface area contributed by atoms with Crippen LogP contribution in [-0.4, -0.2) is 334 Å². The lowest BCUT2D eigenvalue weighted by molar-refractivity contribution is -0.0629. The number of nitrogens with zero attached hydrogens (tertiary/aromatic N) is 20. The number of ether oxygens (including phenoxy) is 4. The summed E-state index contributed by atoms with van der Waals surface area (Å²) in [5.41, 5.74) is 0.504. The van der Waals surface area contributed by atoms with Gasteiger partial charge in [-0.15, -0.1) is 20.4 Å². The Morgan fingerprint density at radius 2 is 0.625 bits per heavy atom. The van der Waals surface area contributed by atoms with Crippen LogP contribution in [0, 0.1) is 51.0 Å². The van der Waals surface area contributed by atoms with Gasteiger partial charge in [0, 0.05) is 110 Å². The minimum atomic E-state index is -3.35. The van der Waals surface area contributed by atoms with Crippen LogP contribution in [0.4, 0.5) is 40.8 Å². The third-order valence-electron chi connectivity index (χ3n) is 25.7. The van der Waals surface area contributed by atoms with E-state index >= 15 is 0 Å². The minimum Gasteiger partial charge on any atom is -0.394 e. The number of aryl methyl sites for hydroxylation is 4. The number of hydrogen-bond donors (Lipinski definition) is 16. The van der Waals surface area contributed by atoms with Crippen molar-refractivity contribution in [1.82, 2.24) is 99.8 Å². The standard InChI is InChI=1S/4C24H31FN6O4S/c4*1-3-8-36-24-27-22(26-16-10-14(16)13-5-4-12(2)15(25)9-13)19-23(28-24)31(30-29-19)17-11-18(35-7-6-32)21(34)20(17)33/h4*4-5,9,14,16-18,20-21,32-34H,3,6-8,10-11H2,1-2H3,(H,26,27,28)/t4*14-,16+,17+,18-,20-,21+/m0000/s1/i7D2,8D2,14D;6D2,8D2,14D;6D2,7D2,14D;8D2,14D. The van der Waals surface area contributed by atoms with E-state index in [-0.39, 0.29) is 147 Å². The van der Waals surface area contributed by atoms with Gasteiger partial charge in [0.25, 0.3) is 0 Å². The highest BCUT2D eigenvalue weighted by atomic mass is 32.2. The molecule has 0 spiro atoms. The first-order chi connectivity index (χ1) is 75.9. The first-order valence-corrected chi connectivity index (χ1v) is 50.4. The molecule has 0 amide bonds. The average Bonchev–Trinajstić information content (AvgIpc) is 1.58. The second kappa shape index (κ2) is 47.3. The zero-order valence-electron chi connectivity index (χ0n) is 97.1. The molecule has 16 N–H and O–H groups in total. The van der Waals surface area contributed by atoms with E-state index in [1.807, 2.05) is 6.92 Å². The van der Waals surface area contributed by atoms with Gasteiger partial charge >= 0.3 is 0 Å². The average molecular weight is 2090 g/mol. The van der Waals surface area contributed by atoms with Gasteiger partial charge in [-0.3, -0.25) is 0 Å². The summed E-state index contributed by atoms with van der Waals surface area (Å²) < 4.78 is 228. The number of nitrogens with one attached hydrogen (secondary N) is 4. The Hall–Kier alpha value is -9.52. The lowest BCUT2D eigenvalue weighted by Gasteiger charge is -2.17. The summed E-state index contributed by atoms with van der Waals surface area (Å²) in [5.74, 6) is -4.36. The smallest absolute Gasteiger partial charge is 0.191 e. The van der Waals surface area contributed by atoms with E-state index in [4.69, 9.17) is 48.7 Å². The fraction of sp³-hybridized carbons (Fsp3) is 0.583. The second-order valence-electron chi connectivity index (χ2n) is 35.6.